The maximum atomic E-state index is 12.9. The summed E-state index contributed by atoms with van der Waals surface area (Å²) in [6, 6.07) is 5.99. The molecule has 0 saturated carbocycles. The molecule has 2 amide bonds. The zero-order valence-corrected chi connectivity index (χ0v) is 19.7. The van der Waals surface area contributed by atoms with Crippen LogP contribution >= 0.6 is 11.3 Å². The van der Waals surface area contributed by atoms with Gasteiger partial charge in [0.1, 0.15) is 5.00 Å². The molecule has 1 aromatic carbocycles. The predicted molar refractivity (Wildman–Crippen MR) is 126 cm³/mol. The predicted octanol–water partition coefficient (Wildman–Crippen LogP) is 3.93. The zero-order valence-electron chi connectivity index (χ0n) is 18.1. The van der Waals surface area contributed by atoms with Gasteiger partial charge in [-0.1, -0.05) is 19.3 Å². The number of nitrogens with two attached hydrogens (primary N) is 1. The number of carbonyl (C=O) groups excluding carboxylic acids is 2. The minimum Gasteiger partial charge on any atom is -0.365 e. The second kappa shape index (κ2) is 9.72. The number of rotatable bonds is 5. The van der Waals surface area contributed by atoms with Crippen molar-refractivity contribution in [1.29, 1.82) is 0 Å². The molecule has 2 aromatic rings. The molecule has 1 aromatic heterocycles. The molecular weight excluding hydrogens is 446 g/mol. The van der Waals surface area contributed by atoms with Crippen molar-refractivity contribution >= 4 is 38.2 Å². The van der Waals surface area contributed by atoms with Gasteiger partial charge in [0.25, 0.3) is 11.8 Å². The van der Waals surface area contributed by atoms with Crippen LogP contribution in [0.3, 0.4) is 0 Å². The number of amides is 2. The molecule has 32 heavy (non-hydrogen) atoms. The molecule has 1 aliphatic heterocycles. The van der Waals surface area contributed by atoms with Crippen molar-refractivity contribution in [1.82, 2.24) is 4.31 Å². The molecule has 4 rings (SSSR count). The van der Waals surface area contributed by atoms with Gasteiger partial charge in [0, 0.05) is 23.5 Å². The van der Waals surface area contributed by atoms with E-state index < -0.39 is 15.9 Å². The lowest BCUT2D eigenvalue weighted by Crippen LogP contribution is -2.31. The van der Waals surface area contributed by atoms with Crippen molar-refractivity contribution in [3.8, 4) is 0 Å². The largest absolute Gasteiger partial charge is 0.365 e. The highest BCUT2D eigenvalue weighted by molar-refractivity contribution is 7.89. The first-order valence-corrected chi connectivity index (χ1v) is 13.5. The number of fused-ring (bicyclic) bond motifs is 1. The van der Waals surface area contributed by atoms with Gasteiger partial charge in [0.05, 0.1) is 10.5 Å². The van der Waals surface area contributed by atoms with Gasteiger partial charge in [0.2, 0.25) is 10.0 Å². The van der Waals surface area contributed by atoms with Gasteiger partial charge in [-0.15, -0.1) is 11.3 Å². The monoisotopic (exact) mass is 475 g/mol. The standard InChI is InChI=1S/C23H29N3O4S2/c24-21(27)20-18-8-4-3-5-9-19(18)31-23(20)25-22(28)16-10-12-17(13-11-16)32(29,30)26-14-6-1-2-7-15-26/h10-13H,1-9,14-15H2,(H2,24,27)(H,25,28). The highest BCUT2D eigenvalue weighted by Crippen LogP contribution is 2.37. The SMILES string of the molecule is NC(=O)c1c(NC(=O)c2ccc(S(=O)(=O)N3CCCCCC3)cc2)sc2c1CCCCC2. The van der Waals surface area contributed by atoms with E-state index in [0.717, 1.165) is 68.2 Å². The first-order chi connectivity index (χ1) is 15.4. The van der Waals surface area contributed by atoms with Crippen LogP contribution in [0.15, 0.2) is 29.2 Å². The summed E-state index contributed by atoms with van der Waals surface area (Å²) in [5, 5.41) is 3.32. The van der Waals surface area contributed by atoms with Crippen LogP contribution in [-0.2, 0) is 22.9 Å². The average Bonchev–Trinajstić information content (AvgIpc) is 2.98. The van der Waals surface area contributed by atoms with Crippen molar-refractivity contribution in [2.75, 3.05) is 18.4 Å². The van der Waals surface area contributed by atoms with Crippen LogP contribution < -0.4 is 11.1 Å². The fourth-order valence-electron chi connectivity index (χ4n) is 4.48. The number of nitrogens with one attached hydrogen (secondary N) is 1. The van der Waals surface area contributed by atoms with E-state index in [1.54, 1.807) is 0 Å². The van der Waals surface area contributed by atoms with E-state index in [1.807, 2.05) is 0 Å². The van der Waals surface area contributed by atoms with Gasteiger partial charge in [0.15, 0.2) is 0 Å². The Hall–Kier alpha value is -2.23. The molecule has 9 heteroatoms. The van der Waals surface area contributed by atoms with Crippen LogP contribution in [-0.4, -0.2) is 37.6 Å². The lowest BCUT2D eigenvalue weighted by atomic mass is 10.1. The van der Waals surface area contributed by atoms with Crippen molar-refractivity contribution in [3.05, 3.63) is 45.8 Å². The van der Waals surface area contributed by atoms with E-state index in [9.17, 15) is 18.0 Å². The first-order valence-electron chi connectivity index (χ1n) is 11.2. The Balaban J connectivity index is 1.53. The number of carbonyl (C=O) groups is 2. The fraction of sp³-hybridized carbons (Fsp3) is 0.478. The summed E-state index contributed by atoms with van der Waals surface area (Å²) in [6.45, 7) is 1.06. The minimum atomic E-state index is -3.57. The smallest absolute Gasteiger partial charge is 0.256 e. The van der Waals surface area contributed by atoms with Gasteiger partial charge in [-0.05, 0) is 68.4 Å². The number of benzene rings is 1. The molecule has 0 bridgehead atoms. The molecule has 3 N–H and O–H groups in total. The number of hydrogen-bond donors (Lipinski definition) is 2. The number of thiophene rings is 1. The second-order valence-electron chi connectivity index (χ2n) is 8.43. The number of aryl methyl sites for hydroxylation is 1. The molecule has 172 valence electrons. The summed E-state index contributed by atoms with van der Waals surface area (Å²) in [4.78, 5) is 26.3. The normalized spacial score (nSPS) is 17.8. The molecule has 0 spiro atoms. The van der Waals surface area contributed by atoms with Crippen LogP contribution in [0.4, 0.5) is 5.00 Å². The quantitative estimate of drug-likeness (QED) is 0.639. The molecular formula is C23H29N3O4S2. The molecule has 2 aliphatic rings. The van der Waals surface area contributed by atoms with Crippen LogP contribution in [0.5, 0.6) is 0 Å². The third kappa shape index (κ3) is 4.74. The summed E-state index contributed by atoms with van der Waals surface area (Å²) in [5.74, 6) is -0.916. The summed E-state index contributed by atoms with van der Waals surface area (Å²) < 4.78 is 27.4. The van der Waals surface area contributed by atoms with Gasteiger partial charge in [-0.25, -0.2) is 8.42 Å². The Morgan fingerprint density at radius 1 is 0.906 bits per heavy atom. The number of anilines is 1. The zero-order chi connectivity index (χ0) is 22.7. The van der Waals surface area contributed by atoms with E-state index in [2.05, 4.69) is 5.32 Å². The lowest BCUT2D eigenvalue weighted by Gasteiger charge is -2.20. The Morgan fingerprint density at radius 3 is 2.19 bits per heavy atom. The molecule has 7 nitrogen and oxygen atoms in total. The van der Waals surface area contributed by atoms with E-state index in [4.69, 9.17) is 5.73 Å². The van der Waals surface area contributed by atoms with Crippen molar-refractivity contribution in [2.24, 2.45) is 5.73 Å². The highest BCUT2D eigenvalue weighted by Gasteiger charge is 2.26. The van der Waals surface area contributed by atoms with Crippen LogP contribution in [0.2, 0.25) is 0 Å². The third-order valence-electron chi connectivity index (χ3n) is 6.21. The number of primary amides is 1. The fourth-order valence-corrected chi connectivity index (χ4v) is 7.28. The van der Waals surface area contributed by atoms with Gasteiger partial charge < -0.3 is 11.1 Å². The Labute approximate surface area is 193 Å². The summed E-state index contributed by atoms with van der Waals surface area (Å²) in [7, 11) is -3.57. The van der Waals surface area contributed by atoms with Crippen molar-refractivity contribution in [2.45, 2.75) is 62.7 Å². The van der Waals surface area contributed by atoms with Gasteiger partial charge >= 0.3 is 0 Å². The first kappa shape index (κ1) is 22.9. The van der Waals surface area contributed by atoms with Gasteiger partial charge in [-0.2, -0.15) is 4.31 Å². The molecule has 1 aliphatic carbocycles. The van der Waals surface area contributed by atoms with E-state index in [0.29, 0.717) is 29.2 Å². The summed E-state index contributed by atoms with van der Waals surface area (Å²) in [6.07, 6.45) is 8.70. The second-order valence-corrected chi connectivity index (χ2v) is 11.5. The highest BCUT2D eigenvalue weighted by atomic mass is 32.2. The third-order valence-corrected chi connectivity index (χ3v) is 9.33. The minimum absolute atomic E-state index is 0.191. The summed E-state index contributed by atoms with van der Waals surface area (Å²) >= 11 is 1.42. The van der Waals surface area contributed by atoms with Crippen LogP contribution in [0, 0.1) is 0 Å². The molecule has 2 heterocycles. The van der Waals surface area contributed by atoms with E-state index in [1.165, 1.54) is 39.9 Å². The van der Waals surface area contributed by atoms with E-state index in [-0.39, 0.29) is 10.8 Å². The summed E-state index contributed by atoms with van der Waals surface area (Å²) in [5.41, 5.74) is 7.36. The maximum Gasteiger partial charge on any atom is 0.256 e. The van der Waals surface area contributed by atoms with Crippen molar-refractivity contribution in [3.63, 3.8) is 0 Å². The molecule has 0 atom stereocenters. The topological polar surface area (TPSA) is 110 Å². The maximum absolute atomic E-state index is 12.9. The Kier molecular flexibility index (Phi) is 6.97. The van der Waals surface area contributed by atoms with Crippen LogP contribution in [0.1, 0.15) is 76.1 Å². The Bertz CT molecular complexity index is 1100. The van der Waals surface area contributed by atoms with Gasteiger partial charge in [-0.3, -0.25) is 9.59 Å². The lowest BCUT2D eigenvalue weighted by molar-refractivity contribution is 0.100. The van der Waals surface area contributed by atoms with Crippen LogP contribution in [0.25, 0.3) is 0 Å². The number of sulfonamides is 1. The number of nitrogens with zero attached hydrogens (tertiary/aromatic N) is 1. The molecule has 1 fully saturated rings. The Morgan fingerprint density at radius 2 is 1.53 bits per heavy atom. The van der Waals surface area contributed by atoms with Crippen molar-refractivity contribution < 1.29 is 18.0 Å². The average molecular weight is 476 g/mol. The number of hydrogen-bond acceptors (Lipinski definition) is 5. The molecule has 1 saturated heterocycles. The van der Waals surface area contributed by atoms with E-state index >= 15 is 0 Å². The molecule has 0 radical (unpaired) electrons. The molecule has 0 unspecified atom stereocenters.